The summed E-state index contributed by atoms with van der Waals surface area (Å²) in [4.78, 5) is 13.3. The van der Waals surface area contributed by atoms with Gasteiger partial charge in [0.05, 0.1) is 5.56 Å². The molecule has 3 rings (SSSR count). The van der Waals surface area contributed by atoms with Crippen LogP contribution in [0.5, 0.6) is 0 Å². The molecular formula is C18H15ClF3NO2. The first-order valence-corrected chi connectivity index (χ1v) is 8.02. The van der Waals surface area contributed by atoms with Gasteiger partial charge in [0, 0.05) is 18.1 Å². The zero-order chi connectivity index (χ0) is 18.2. The van der Waals surface area contributed by atoms with Crippen molar-refractivity contribution in [3.05, 3.63) is 69.7 Å². The van der Waals surface area contributed by atoms with Crippen LogP contribution in [0, 0.1) is 0 Å². The minimum atomic E-state index is -4.42. The van der Waals surface area contributed by atoms with Crippen molar-refractivity contribution >= 4 is 17.6 Å². The van der Waals surface area contributed by atoms with Crippen LogP contribution in [-0.2, 0) is 30.5 Å². The molecule has 3 nitrogen and oxygen atoms in total. The van der Waals surface area contributed by atoms with Crippen LogP contribution < -0.4 is 0 Å². The Morgan fingerprint density at radius 2 is 1.84 bits per heavy atom. The summed E-state index contributed by atoms with van der Waals surface area (Å²) < 4.78 is 38.8. The number of halogens is 4. The third-order valence-electron chi connectivity index (χ3n) is 4.35. The van der Waals surface area contributed by atoms with Gasteiger partial charge in [0.15, 0.2) is 0 Å². The Bertz CT molecular complexity index is 790. The second-order valence-corrected chi connectivity index (χ2v) is 6.51. The van der Waals surface area contributed by atoms with Crippen molar-refractivity contribution in [3.8, 4) is 0 Å². The number of carbonyl (C=O) groups is 1. The third-order valence-corrected chi connectivity index (χ3v) is 4.60. The molecule has 0 aromatic heterocycles. The van der Waals surface area contributed by atoms with E-state index in [0.717, 1.165) is 17.7 Å². The normalized spacial score (nSPS) is 18.0. The van der Waals surface area contributed by atoms with Crippen LogP contribution in [0.15, 0.2) is 42.5 Å². The van der Waals surface area contributed by atoms with Gasteiger partial charge in [-0.2, -0.15) is 13.2 Å². The maximum Gasteiger partial charge on any atom is 0.416 e. The van der Waals surface area contributed by atoms with Crippen molar-refractivity contribution in [2.75, 3.05) is 0 Å². The number of alkyl halides is 3. The highest BCUT2D eigenvalue weighted by Crippen LogP contribution is 2.33. The molecule has 1 heterocycles. The molecule has 0 spiro atoms. The fraction of sp³-hybridized carbons (Fsp3) is 0.278. The summed E-state index contributed by atoms with van der Waals surface area (Å²) in [7, 11) is 0. The van der Waals surface area contributed by atoms with E-state index in [4.69, 9.17) is 11.6 Å². The van der Waals surface area contributed by atoms with Gasteiger partial charge in [-0.25, -0.2) is 0 Å². The molecule has 0 radical (unpaired) electrons. The summed E-state index contributed by atoms with van der Waals surface area (Å²) in [6.45, 7) is 0.475. The van der Waals surface area contributed by atoms with E-state index in [1.165, 1.54) is 6.07 Å². The third kappa shape index (κ3) is 3.96. The average Bonchev–Trinajstić information content (AvgIpc) is 2.54. The van der Waals surface area contributed by atoms with E-state index in [2.05, 4.69) is 0 Å². The molecule has 0 aliphatic carbocycles. The monoisotopic (exact) mass is 369 g/mol. The second kappa shape index (κ2) is 6.69. The van der Waals surface area contributed by atoms with Crippen molar-refractivity contribution < 1.29 is 23.1 Å². The van der Waals surface area contributed by atoms with Crippen LogP contribution in [-0.4, -0.2) is 22.0 Å². The predicted octanol–water partition coefficient (Wildman–Crippen LogP) is 4.37. The molecule has 1 N–H and O–H groups in total. The highest BCUT2D eigenvalue weighted by Gasteiger charge is 2.35. The molecule has 0 bridgehead atoms. The fourth-order valence-electron chi connectivity index (χ4n) is 3.05. The zero-order valence-electron chi connectivity index (χ0n) is 13.1. The number of hydrogen-bond acceptors (Lipinski definition) is 2. The van der Waals surface area contributed by atoms with Crippen LogP contribution in [0.2, 0.25) is 5.02 Å². The Kier molecular flexibility index (Phi) is 4.75. The van der Waals surface area contributed by atoms with E-state index < -0.39 is 23.8 Å². The number of rotatable bonds is 3. The number of hydrogen-bond donors (Lipinski definition) is 1. The van der Waals surface area contributed by atoms with Crippen molar-refractivity contribution in [1.29, 1.82) is 0 Å². The van der Waals surface area contributed by atoms with Gasteiger partial charge in [-0.15, -0.1) is 0 Å². The number of fused-ring (bicyclic) bond motifs is 1. The first-order chi connectivity index (χ1) is 11.7. The molecule has 0 fully saturated rings. The number of nitrogens with zero attached hydrogens (tertiary/aromatic N) is 1. The molecule has 0 amide bonds. The molecule has 25 heavy (non-hydrogen) atoms. The van der Waals surface area contributed by atoms with Crippen LogP contribution in [0.4, 0.5) is 13.2 Å². The number of benzene rings is 2. The summed E-state index contributed by atoms with van der Waals surface area (Å²) in [5, 5.41) is 10.1. The lowest BCUT2D eigenvalue weighted by Crippen LogP contribution is -2.45. The zero-order valence-corrected chi connectivity index (χ0v) is 13.8. The summed E-state index contributed by atoms with van der Waals surface area (Å²) in [6.07, 6.45) is -4.24. The molecule has 2 aromatic rings. The van der Waals surface area contributed by atoms with E-state index in [9.17, 15) is 23.1 Å². The molecule has 0 unspecified atom stereocenters. The average molecular weight is 370 g/mol. The molecule has 0 saturated carbocycles. The molecule has 132 valence electrons. The van der Waals surface area contributed by atoms with Gasteiger partial charge < -0.3 is 5.11 Å². The van der Waals surface area contributed by atoms with Gasteiger partial charge in [0.25, 0.3) is 0 Å². The van der Waals surface area contributed by atoms with Gasteiger partial charge in [-0.3, -0.25) is 9.69 Å². The lowest BCUT2D eigenvalue weighted by atomic mass is 9.92. The number of carboxylic acid groups (broad SMARTS) is 1. The van der Waals surface area contributed by atoms with Crippen LogP contribution in [0.3, 0.4) is 0 Å². The van der Waals surface area contributed by atoms with E-state index in [1.807, 2.05) is 0 Å². The fourth-order valence-corrected chi connectivity index (χ4v) is 3.17. The van der Waals surface area contributed by atoms with Gasteiger partial charge in [-0.05, 0) is 47.4 Å². The molecule has 0 saturated heterocycles. The minimum absolute atomic E-state index is 0.152. The second-order valence-electron chi connectivity index (χ2n) is 6.07. The van der Waals surface area contributed by atoms with Gasteiger partial charge in [0.1, 0.15) is 6.04 Å². The van der Waals surface area contributed by atoms with Crippen molar-refractivity contribution in [1.82, 2.24) is 4.90 Å². The highest BCUT2D eigenvalue weighted by molar-refractivity contribution is 6.30. The SMILES string of the molecule is O=C(O)[C@@H]1Cc2ccc(C(F)(F)F)cc2CN1Cc1ccc(Cl)cc1. The predicted molar refractivity (Wildman–Crippen MR) is 87.3 cm³/mol. The standard InChI is InChI=1S/C18H15ClF3NO2/c19-15-5-1-11(2-6-15)9-23-10-13-7-14(18(20,21)22)4-3-12(13)8-16(23)17(24)25/h1-7,16H,8-10H2,(H,24,25)/t16-/m0/s1. The summed E-state index contributed by atoms with van der Waals surface area (Å²) in [6, 6.07) is 9.69. The lowest BCUT2D eigenvalue weighted by molar-refractivity contribution is -0.144. The largest absolute Gasteiger partial charge is 0.480 e. The summed E-state index contributed by atoms with van der Waals surface area (Å²) >= 11 is 5.85. The summed E-state index contributed by atoms with van der Waals surface area (Å²) in [5.41, 5.74) is 1.30. The van der Waals surface area contributed by atoms with Crippen molar-refractivity contribution in [2.45, 2.75) is 31.7 Å². The first-order valence-electron chi connectivity index (χ1n) is 7.64. The Hall–Kier alpha value is -2.05. The van der Waals surface area contributed by atoms with Gasteiger partial charge in [0.2, 0.25) is 0 Å². The maximum atomic E-state index is 12.9. The molecular weight excluding hydrogens is 355 g/mol. The van der Waals surface area contributed by atoms with Crippen LogP contribution >= 0.6 is 11.6 Å². The van der Waals surface area contributed by atoms with Crippen molar-refractivity contribution in [2.24, 2.45) is 0 Å². The molecule has 2 aromatic carbocycles. The Morgan fingerprint density at radius 3 is 2.44 bits per heavy atom. The Balaban J connectivity index is 1.90. The smallest absolute Gasteiger partial charge is 0.416 e. The van der Waals surface area contributed by atoms with Crippen LogP contribution in [0.1, 0.15) is 22.3 Å². The number of aliphatic carboxylic acids is 1. The maximum absolute atomic E-state index is 12.9. The van der Waals surface area contributed by atoms with Gasteiger partial charge >= 0.3 is 12.1 Å². The molecule has 1 aliphatic rings. The first kappa shape index (κ1) is 17.8. The molecule has 1 atom stereocenters. The number of carboxylic acids is 1. The Labute approximate surface area is 147 Å². The van der Waals surface area contributed by atoms with Gasteiger partial charge in [-0.1, -0.05) is 29.8 Å². The van der Waals surface area contributed by atoms with E-state index >= 15 is 0 Å². The molecule has 7 heteroatoms. The van der Waals surface area contributed by atoms with E-state index in [-0.39, 0.29) is 13.0 Å². The topological polar surface area (TPSA) is 40.5 Å². The lowest BCUT2D eigenvalue weighted by Gasteiger charge is -2.34. The quantitative estimate of drug-likeness (QED) is 0.873. The van der Waals surface area contributed by atoms with E-state index in [1.54, 1.807) is 29.2 Å². The van der Waals surface area contributed by atoms with E-state index in [0.29, 0.717) is 22.7 Å². The molecule has 1 aliphatic heterocycles. The van der Waals surface area contributed by atoms with Crippen LogP contribution in [0.25, 0.3) is 0 Å². The summed E-state index contributed by atoms with van der Waals surface area (Å²) in [5.74, 6) is -0.987. The van der Waals surface area contributed by atoms with Crippen molar-refractivity contribution in [3.63, 3.8) is 0 Å². The highest BCUT2D eigenvalue weighted by atomic mass is 35.5. The Morgan fingerprint density at radius 1 is 1.16 bits per heavy atom. The minimum Gasteiger partial charge on any atom is -0.480 e.